The number of rotatable bonds is 11. The minimum Gasteiger partial charge on any atom is -0.483 e. The molecule has 198 valence electrons. The van der Waals surface area contributed by atoms with Crippen molar-refractivity contribution in [1.29, 1.82) is 0 Å². The Hall–Kier alpha value is -4.68. The second-order valence-corrected chi connectivity index (χ2v) is 7.53. The van der Waals surface area contributed by atoms with E-state index < -0.39 is 0 Å². The Balaban J connectivity index is 0.00000127. The average Bonchev–Trinajstić information content (AvgIpc) is 3.36. The number of aromatic nitrogens is 5. The van der Waals surface area contributed by atoms with E-state index in [9.17, 15) is 4.79 Å². The van der Waals surface area contributed by atoms with Crippen molar-refractivity contribution in [2.75, 3.05) is 39.4 Å². The standard InChI is InChI=1S/C25H26N6O4.CH2O2/c1-33-14-15-35-13-12-31-17-22(24(30-31)20-6-3-4-10-26-20)29-25(32)21-8-5-7-19(28-21)18-9-11-27-23(16-18)34-2;2-1-3/h3-11,16-17H,12-15H2,1-2H3,(H,29,32);1H,(H,2,3). The number of hydrogen-bond donors (Lipinski definition) is 2. The highest BCUT2D eigenvalue weighted by Crippen LogP contribution is 2.26. The van der Waals surface area contributed by atoms with E-state index in [1.807, 2.05) is 30.3 Å². The molecule has 4 aromatic heterocycles. The molecule has 0 unspecified atom stereocenters. The number of nitrogens with one attached hydrogen (secondary N) is 1. The van der Waals surface area contributed by atoms with E-state index >= 15 is 0 Å². The highest BCUT2D eigenvalue weighted by molar-refractivity contribution is 6.04. The fourth-order valence-electron chi connectivity index (χ4n) is 3.31. The van der Waals surface area contributed by atoms with Gasteiger partial charge in [-0.3, -0.25) is 19.3 Å². The molecule has 0 radical (unpaired) electrons. The number of methoxy groups -OCH3 is 2. The Bertz CT molecular complexity index is 1310. The van der Waals surface area contributed by atoms with Gasteiger partial charge < -0.3 is 24.6 Å². The molecule has 12 nitrogen and oxygen atoms in total. The number of pyridine rings is 3. The maximum absolute atomic E-state index is 13.1. The van der Waals surface area contributed by atoms with Crippen LogP contribution in [0.5, 0.6) is 5.88 Å². The largest absolute Gasteiger partial charge is 0.483 e. The first kappa shape index (κ1) is 27.9. The van der Waals surface area contributed by atoms with Gasteiger partial charge in [-0.1, -0.05) is 12.1 Å². The summed E-state index contributed by atoms with van der Waals surface area (Å²) in [4.78, 5) is 34.5. The summed E-state index contributed by atoms with van der Waals surface area (Å²) in [6.45, 7) is 1.74. The third-order valence-electron chi connectivity index (χ3n) is 5.04. The second kappa shape index (κ2) is 14.8. The Morgan fingerprint density at radius 3 is 2.58 bits per heavy atom. The summed E-state index contributed by atoms with van der Waals surface area (Å²) in [5, 5.41) is 14.4. The van der Waals surface area contributed by atoms with E-state index in [1.54, 1.807) is 55.7 Å². The van der Waals surface area contributed by atoms with E-state index in [1.165, 1.54) is 0 Å². The van der Waals surface area contributed by atoms with Gasteiger partial charge in [0, 0.05) is 37.3 Å². The zero-order valence-electron chi connectivity index (χ0n) is 21.0. The van der Waals surface area contributed by atoms with Crippen LogP contribution in [0.3, 0.4) is 0 Å². The minimum absolute atomic E-state index is 0.250. The van der Waals surface area contributed by atoms with E-state index in [4.69, 9.17) is 24.1 Å². The lowest BCUT2D eigenvalue weighted by Gasteiger charge is -2.07. The van der Waals surface area contributed by atoms with Crippen LogP contribution in [0.15, 0.2) is 67.1 Å². The number of ether oxygens (including phenoxy) is 3. The fourth-order valence-corrected chi connectivity index (χ4v) is 3.31. The normalized spacial score (nSPS) is 10.3. The molecule has 0 atom stereocenters. The van der Waals surface area contributed by atoms with Crippen molar-refractivity contribution in [2.24, 2.45) is 0 Å². The van der Waals surface area contributed by atoms with Crippen LogP contribution >= 0.6 is 0 Å². The molecule has 1 amide bonds. The van der Waals surface area contributed by atoms with Crippen LogP contribution in [0, 0.1) is 0 Å². The third kappa shape index (κ3) is 7.91. The van der Waals surface area contributed by atoms with Crippen molar-refractivity contribution in [1.82, 2.24) is 24.7 Å². The molecule has 4 aromatic rings. The van der Waals surface area contributed by atoms with Gasteiger partial charge in [-0.15, -0.1) is 0 Å². The fraction of sp³-hybridized carbons (Fsp3) is 0.231. The molecule has 38 heavy (non-hydrogen) atoms. The van der Waals surface area contributed by atoms with E-state index in [2.05, 4.69) is 25.4 Å². The average molecular weight is 521 g/mol. The predicted octanol–water partition coefficient (Wildman–Crippen LogP) is 3.03. The summed E-state index contributed by atoms with van der Waals surface area (Å²) in [6, 6.07) is 14.4. The molecule has 0 saturated heterocycles. The number of nitrogens with zero attached hydrogens (tertiary/aromatic N) is 5. The van der Waals surface area contributed by atoms with E-state index in [-0.39, 0.29) is 18.1 Å². The maximum Gasteiger partial charge on any atom is 0.290 e. The summed E-state index contributed by atoms with van der Waals surface area (Å²) in [6.07, 6.45) is 5.08. The van der Waals surface area contributed by atoms with Crippen LogP contribution in [0.4, 0.5) is 5.69 Å². The smallest absolute Gasteiger partial charge is 0.290 e. The maximum atomic E-state index is 13.1. The van der Waals surface area contributed by atoms with Gasteiger partial charge >= 0.3 is 0 Å². The zero-order valence-corrected chi connectivity index (χ0v) is 21.0. The van der Waals surface area contributed by atoms with Crippen LogP contribution in [0.2, 0.25) is 0 Å². The summed E-state index contributed by atoms with van der Waals surface area (Å²) < 4.78 is 17.4. The quantitative estimate of drug-likeness (QED) is 0.223. The molecule has 0 aliphatic rings. The number of carboxylic acid groups (broad SMARTS) is 1. The monoisotopic (exact) mass is 520 g/mol. The van der Waals surface area contributed by atoms with Crippen molar-refractivity contribution >= 4 is 18.1 Å². The first-order chi connectivity index (χ1) is 18.6. The lowest BCUT2D eigenvalue weighted by Crippen LogP contribution is -2.14. The Morgan fingerprint density at radius 2 is 1.84 bits per heavy atom. The number of carbonyl (C=O) groups excluding carboxylic acids is 1. The molecule has 0 bridgehead atoms. The molecule has 0 saturated carbocycles. The van der Waals surface area contributed by atoms with Gasteiger partial charge in [0.2, 0.25) is 5.88 Å². The van der Waals surface area contributed by atoms with Crippen molar-refractivity contribution < 1.29 is 28.9 Å². The van der Waals surface area contributed by atoms with Gasteiger partial charge in [0.1, 0.15) is 11.4 Å². The Morgan fingerprint density at radius 1 is 1.03 bits per heavy atom. The van der Waals surface area contributed by atoms with E-state index in [0.29, 0.717) is 55.0 Å². The molecule has 12 heteroatoms. The molecule has 0 aromatic carbocycles. The number of anilines is 1. The lowest BCUT2D eigenvalue weighted by atomic mass is 10.1. The molecule has 0 fully saturated rings. The summed E-state index contributed by atoms with van der Waals surface area (Å²) >= 11 is 0. The second-order valence-electron chi connectivity index (χ2n) is 7.53. The highest BCUT2D eigenvalue weighted by atomic mass is 16.5. The molecule has 0 aliphatic carbocycles. The predicted molar refractivity (Wildman–Crippen MR) is 139 cm³/mol. The molecular formula is C26H28N6O6. The number of amides is 1. The van der Waals surface area contributed by atoms with Gasteiger partial charge in [-0.2, -0.15) is 5.10 Å². The first-order valence-electron chi connectivity index (χ1n) is 11.5. The molecule has 2 N–H and O–H groups in total. The molecule has 0 spiro atoms. The van der Waals surface area contributed by atoms with Gasteiger partial charge in [-0.05, 0) is 30.3 Å². The van der Waals surface area contributed by atoms with Crippen LogP contribution in [-0.2, 0) is 20.8 Å². The van der Waals surface area contributed by atoms with Crippen molar-refractivity contribution in [3.05, 3.63) is 72.8 Å². The molecule has 4 heterocycles. The SMILES string of the molecule is COCCOCCn1cc(NC(=O)c2cccc(-c3ccnc(OC)c3)n2)c(-c2ccccn2)n1.O=CO. The van der Waals surface area contributed by atoms with Crippen molar-refractivity contribution in [3.63, 3.8) is 0 Å². The van der Waals surface area contributed by atoms with Gasteiger partial charge in [-0.25, -0.2) is 9.97 Å². The summed E-state index contributed by atoms with van der Waals surface area (Å²) in [5.41, 5.74) is 3.43. The van der Waals surface area contributed by atoms with Gasteiger partial charge in [0.25, 0.3) is 12.4 Å². The third-order valence-corrected chi connectivity index (χ3v) is 5.04. The Kier molecular flexibility index (Phi) is 10.8. The zero-order chi connectivity index (χ0) is 27.2. The van der Waals surface area contributed by atoms with E-state index in [0.717, 1.165) is 5.56 Å². The highest BCUT2D eigenvalue weighted by Gasteiger charge is 2.17. The van der Waals surface area contributed by atoms with Crippen LogP contribution in [-0.4, -0.2) is 76.3 Å². The van der Waals surface area contributed by atoms with Crippen molar-refractivity contribution in [2.45, 2.75) is 6.54 Å². The molecular weight excluding hydrogens is 492 g/mol. The van der Waals surface area contributed by atoms with Gasteiger partial charge in [0.15, 0.2) is 0 Å². The van der Waals surface area contributed by atoms with Gasteiger partial charge in [0.05, 0.1) is 50.6 Å². The van der Waals surface area contributed by atoms with Crippen LogP contribution < -0.4 is 10.1 Å². The van der Waals surface area contributed by atoms with Crippen LogP contribution in [0.1, 0.15) is 10.5 Å². The molecule has 4 rings (SSSR count). The number of hydrogen-bond acceptors (Lipinski definition) is 9. The van der Waals surface area contributed by atoms with Crippen molar-refractivity contribution in [3.8, 4) is 28.5 Å². The van der Waals surface area contributed by atoms with Crippen LogP contribution in [0.25, 0.3) is 22.6 Å². The summed E-state index contributed by atoms with van der Waals surface area (Å²) in [7, 11) is 3.18. The number of carbonyl (C=O) groups is 2. The summed E-state index contributed by atoms with van der Waals surface area (Å²) in [5.74, 6) is 0.110. The topological polar surface area (TPSA) is 151 Å². The minimum atomic E-state index is -0.360. The Labute approximate surface area is 219 Å². The molecule has 0 aliphatic heterocycles. The lowest BCUT2D eigenvalue weighted by molar-refractivity contribution is -0.122. The first-order valence-corrected chi connectivity index (χ1v) is 11.5.